The number of anilines is 1. The maximum absolute atomic E-state index is 12.2. The molecule has 160 valence electrons. The third-order valence-corrected chi connectivity index (χ3v) is 6.19. The minimum atomic E-state index is -0.686. The zero-order valence-electron chi connectivity index (χ0n) is 17.0. The highest BCUT2D eigenvalue weighted by molar-refractivity contribution is 7.18. The van der Waals surface area contributed by atoms with E-state index in [-0.39, 0.29) is 21.9 Å². The van der Waals surface area contributed by atoms with E-state index in [2.05, 4.69) is 5.32 Å². The second-order valence-electron chi connectivity index (χ2n) is 7.00. The van der Waals surface area contributed by atoms with E-state index >= 15 is 0 Å². The summed E-state index contributed by atoms with van der Waals surface area (Å²) in [5.41, 5.74) is 0.434. The number of amides is 1. The summed E-state index contributed by atoms with van der Waals surface area (Å²) in [7, 11) is 2.43. The largest absolute Gasteiger partial charge is 0.465 e. The number of hydrogen-bond donors (Lipinski definition) is 1. The van der Waals surface area contributed by atoms with Gasteiger partial charge in [-0.05, 0) is 24.8 Å². The summed E-state index contributed by atoms with van der Waals surface area (Å²) in [5.74, 6) is -1.77. The fourth-order valence-corrected chi connectivity index (χ4v) is 4.54. The van der Waals surface area contributed by atoms with Crippen LogP contribution in [0.25, 0.3) is 0 Å². The van der Waals surface area contributed by atoms with E-state index in [0.717, 1.165) is 30.6 Å². The minimum absolute atomic E-state index is 0.0786. The Bertz CT molecular complexity index is 765. The van der Waals surface area contributed by atoms with Crippen LogP contribution in [0.3, 0.4) is 0 Å². The van der Waals surface area contributed by atoms with Gasteiger partial charge in [0.1, 0.15) is 9.88 Å². The number of hydrogen-bond acceptors (Lipinski definition) is 8. The summed E-state index contributed by atoms with van der Waals surface area (Å²) in [6, 6.07) is 0. The Kier molecular flexibility index (Phi) is 8.63. The van der Waals surface area contributed by atoms with E-state index in [9.17, 15) is 19.2 Å². The first-order valence-corrected chi connectivity index (χ1v) is 10.4. The highest BCUT2D eigenvalue weighted by Gasteiger charge is 2.27. The molecule has 1 N–H and O–H groups in total. The van der Waals surface area contributed by atoms with Crippen LogP contribution in [-0.2, 0) is 23.8 Å². The van der Waals surface area contributed by atoms with Crippen LogP contribution in [0.15, 0.2) is 0 Å². The van der Waals surface area contributed by atoms with E-state index in [1.807, 2.05) is 0 Å². The van der Waals surface area contributed by atoms with Crippen molar-refractivity contribution in [1.82, 2.24) is 0 Å². The molecule has 0 atom stereocenters. The highest BCUT2D eigenvalue weighted by Crippen LogP contribution is 2.34. The summed E-state index contributed by atoms with van der Waals surface area (Å²) >= 11 is 0.906. The van der Waals surface area contributed by atoms with Crippen molar-refractivity contribution in [2.45, 2.75) is 51.9 Å². The molecule has 0 aromatic carbocycles. The van der Waals surface area contributed by atoms with Crippen LogP contribution >= 0.6 is 11.3 Å². The van der Waals surface area contributed by atoms with E-state index in [1.54, 1.807) is 6.92 Å². The number of rotatable bonds is 8. The SMILES string of the molecule is COC(=O)c1sc(NC(=O)COC(=O)CCC2CCCCC2)c(C(=O)OC)c1C. The van der Waals surface area contributed by atoms with Gasteiger partial charge in [-0.2, -0.15) is 0 Å². The van der Waals surface area contributed by atoms with Gasteiger partial charge in [0, 0.05) is 6.42 Å². The molecule has 0 spiro atoms. The summed E-state index contributed by atoms with van der Waals surface area (Å²) in [5, 5.41) is 2.67. The fourth-order valence-electron chi connectivity index (χ4n) is 3.42. The number of methoxy groups -OCH3 is 2. The minimum Gasteiger partial charge on any atom is -0.465 e. The predicted molar refractivity (Wildman–Crippen MR) is 107 cm³/mol. The van der Waals surface area contributed by atoms with Gasteiger partial charge >= 0.3 is 17.9 Å². The molecule has 1 aromatic rings. The van der Waals surface area contributed by atoms with Crippen molar-refractivity contribution in [2.24, 2.45) is 5.92 Å². The van der Waals surface area contributed by atoms with Gasteiger partial charge < -0.3 is 19.5 Å². The van der Waals surface area contributed by atoms with E-state index in [0.29, 0.717) is 11.5 Å². The Hall–Kier alpha value is -2.42. The molecule has 0 radical (unpaired) electrons. The van der Waals surface area contributed by atoms with E-state index in [1.165, 1.54) is 33.5 Å². The molecular weight excluding hydrogens is 398 g/mol. The van der Waals surface area contributed by atoms with Gasteiger partial charge in [0.2, 0.25) is 0 Å². The molecule has 9 heteroatoms. The van der Waals surface area contributed by atoms with Crippen LogP contribution < -0.4 is 5.32 Å². The number of thiophene rings is 1. The average Bonchev–Trinajstić information content (AvgIpc) is 3.06. The molecule has 0 bridgehead atoms. The van der Waals surface area contributed by atoms with Crippen molar-refractivity contribution >= 4 is 40.2 Å². The fraction of sp³-hybridized carbons (Fsp3) is 0.600. The second kappa shape index (κ2) is 10.9. The van der Waals surface area contributed by atoms with Gasteiger partial charge in [-0.25, -0.2) is 9.59 Å². The Labute approximate surface area is 173 Å². The Morgan fingerprint density at radius 3 is 2.31 bits per heavy atom. The van der Waals surface area contributed by atoms with Crippen molar-refractivity contribution in [3.05, 3.63) is 16.0 Å². The predicted octanol–water partition coefficient (Wildman–Crippen LogP) is 3.47. The number of ether oxygens (including phenoxy) is 3. The van der Waals surface area contributed by atoms with E-state index in [4.69, 9.17) is 14.2 Å². The zero-order valence-corrected chi connectivity index (χ0v) is 17.8. The Morgan fingerprint density at radius 2 is 1.69 bits per heavy atom. The Morgan fingerprint density at radius 1 is 1.03 bits per heavy atom. The number of nitrogens with one attached hydrogen (secondary N) is 1. The molecule has 1 saturated carbocycles. The molecule has 1 aliphatic carbocycles. The third-order valence-electron chi connectivity index (χ3n) is 5.01. The number of carbonyl (C=O) groups excluding carboxylic acids is 4. The van der Waals surface area contributed by atoms with Crippen LogP contribution in [0.2, 0.25) is 0 Å². The normalized spacial score (nSPS) is 14.2. The molecule has 1 amide bonds. The van der Waals surface area contributed by atoms with Crippen LogP contribution in [0.1, 0.15) is 70.5 Å². The highest BCUT2D eigenvalue weighted by atomic mass is 32.1. The first-order valence-electron chi connectivity index (χ1n) is 9.62. The maximum atomic E-state index is 12.2. The van der Waals surface area contributed by atoms with Gasteiger partial charge in [-0.3, -0.25) is 9.59 Å². The van der Waals surface area contributed by atoms with E-state index < -0.39 is 30.4 Å². The topological polar surface area (TPSA) is 108 Å². The van der Waals surface area contributed by atoms with Crippen molar-refractivity contribution in [2.75, 3.05) is 26.1 Å². The summed E-state index contributed by atoms with van der Waals surface area (Å²) < 4.78 is 14.5. The summed E-state index contributed by atoms with van der Waals surface area (Å²) in [6.07, 6.45) is 7.02. The van der Waals surface area contributed by atoms with Gasteiger partial charge in [0.05, 0.1) is 19.8 Å². The van der Waals surface area contributed by atoms with Crippen molar-refractivity contribution in [1.29, 1.82) is 0 Å². The lowest BCUT2D eigenvalue weighted by Crippen LogP contribution is -2.22. The lowest BCUT2D eigenvalue weighted by molar-refractivity contribution is -0.147. The molecule has 2 rings (SSSR count). The third kappa shape index (κ3) is 6.28. The lowest BCUT2D eigenvalue weighted by Gasteiger charge is -2.20. The number of carbonyl (C=O) groups is 4. The van der Waals surface area contributed by atoms with Gasteiger partial charge in [-0.1, -0.05) is 32.1 Å². The van der Waals surface area contributed by atoms with Crippen LogP contribution in [0, 0.1) is 12.8 Å². The first-order chi connectivity index (χ1) is 13.9. The maximum Gasteiger partial charge on any atom is 0.348 e. The summed E-state index contributed by atoms with van der Waals surface area (Å²) in [6.45, 7) is 1.10. The molecule has 0 unspecified atom stereocenters. The molecule has 0 saturated heterocycles. The average molecular weight is 426 g/mol. The lowest BCUT2D eigenvalue weighted by atomic mass is 9.86. The molecule has 8 nitrogen and oxygen atoms in total. The van der Waals surface area contributed by atoms with Crippen LogP contribution in [0.5, 0.6) is 0 Å². The summed E-state index contributed by atoms with van der Waals surface area (Å²) in [4.78, 5) is 48.2. The van der Waals surface area contributed by atoms with Gasteiger partial charge in [-0.15, -0.1) is 11.3 Å². The first kappa shape index (κ1) is 22.9. The molecule has 1 fully saturated rings. The van der Waals surface area contributed by atoms with Gasteiger partial charge in [0.15, 0.2) is 6.61 Å². The van der Waals surface area contributed by atoms with Crippen molar-refractivity contribution < 1.29 is 33.4 Å². The van der Waals surface area contributed by atoms with Crippen molar-refractivity contribution in [3.63, 3.8) is 0 Å². The Balaban J connectivity index is 1.92. The molecule has 1 aromatic heterocycles. The standard InChI is InChI=1S/C20H27NO7S/c1-12-16(19(24)26-2)18(29-17(12)20(25)27-3)21-14(22)11-28-15(23)10-9-13-7-5-4-6-8-13/h13H,4-11H2,1-3H3,(H,21,22). The van der Waals surface area contributed by atoms with Crippen LogP contribution in [-0.4, -0.2) is 44.6 Å². The molecule has 1 heterocycles. The number of esters is 3. The smallest absolute Gasteiger partial charge is 0.348 e. The quantitative estimate of drug-likeness (QED) is 0.502. The zero-order chi connectivity index (χ0) is 21.4. The van der Waals surface area contributed by atoms with Crippen molar-refractivity contribution in [3.8, 4) is 0 Å². The van der Waals surface area contributed by atoms with Gasteiger partial charge in [0.25, 0.3) is 5.91 Å². The molecular formula is C20H27NO7S. The molecule has 1 aliphatic rings. The molecule has 29 heavy (non-hydrogen) atoms. The monoisotopic (exact) mass is 425 g/mol. The second-order valence-corrected chi connectivity index (χ2v) is 8.02. The van der Waals surface area contributed by atoms with Crippen LogP contribution in [0.4, 0.5) is 5.00 Å². The molecule has 0 aliphatic heterocycles.